The second kappa shape index (κ2) is 4.54. The van der Waals surface area contributed by atoms with Crippen molar-refractivity contribution in [1.29, 1.82) is 0 Å². The van der Waals surface area contributed by atoms with Crippen LogP contribution < -0.4 is 51.4 Å². The normalized spacial score (nSPS) is 8.00. The molecule has 0 amide bonds. The van der Waals surface area contributed by atoms with E-state index in [4.69, 9.17) is 5.11 Å². The van der Waals surface area contributed by atoms with E-state index < -0.39 is 0 Å². The minimum Gasteiger partial charge on any atom is -0.756 e. The number of aromatic hydroxyl groups is 1. The first-order chi connectivity index (χ1) is 3.80. The van der Waals surface area contributed by atoms with Gasteiger partial charge in [-0.05, 0) is 5.03 Å². The van der Waals surface area contributed by atoms with E-state index >= 15 is 0 Å². The Morgan fingerprint density at radius 2 is 2.22 bits per heavy atom. The SMILES string of the molecule is Oc1cncnc1[S-].[K+]. The van der Waals surface area contributed by atoms with Crippen molar-refractivity contribution in [3.63, 3.8) is 0 Å². The van der Waals surface area contributed by atoms with Gasteiger partial charge in [-0.25, -0.2) is 4.98 Å². The molecule has 0 bridgehead atoms. The number of aromatic nitrogens is 2. The van der Waals surface area contributed by atoms with E-state index in [-0.39, 0.29) is 62.2 Å². The maximum absolute atomic E-state index is 8.69. The van der Waals surface area contributed by atoms with Crippen LogP contribution in [0.4, 0.5) is 0 Å². The molecule has 0 aromatic carbocycles. The number of rotatable bonds is 0. The third-order valence-electron chi connectivity index (χ3n) is 0.658. The van der Waals surface area contributed by atoms with Crippen LogP contribution in [-0.4, -0.2) is 15.1 Å². The predicted molar refractivity (Wildman–Crippen MR) is 29.3 cm³/mol. The summed E-state index contributed by atoms with van der Waals surface area (Å²) in [4.78, 5) is 7.05. The van der Waals surface area contributed by atoms with Crippen molar-refractivity contribution >= 4 is 12.6 Å². The van der Waals surface area contributed by atoms with Gasteiger partial charge in [0.05, 0.1) is 6.20 Å². The van der Waals surface area contributed by atoms with Crippen molar-refractivity contribution in [2.45, 2.75) is 5.03 Å². The van der Waals surface area contributed by atoms with E-state index in [1.54, 1.807) is 0 Å². The Bertz CT molecular complexity index is 175. The first kappa shape index (κ1) is 9.74. The number of hydrogen-bond donors (Lipinski definition) is 1. The monoisotopic (exact) mass is 166 g/mol. The summed E-state index contributed by atoms with van der Waals surface area (Å²) >= 11 is 4.55. The van der Waals surface area contributed by atoms with E-state index in [2.05, 4.69) is 22.6 Å². The molecule has 0 fully saturated rings. The molecule has 42 valence electrons. The fourth-order valence-electron chi connectivity index (χ4n) is 0.311. The molecule has 0 saturated heterocycles. The average molecular weight is 166 g/mol. The Labute approximate surface area is 101 Å². The van der Waals surface area contributed by atoms with Crippen LogP contribution in [0.2, 0.25) is 0 Å². The van der Waals surface area contributed by atoms with E-state index in [1.165, 1.54) is 12.5 Å². The van der Waals surface area contributed by atoms with Gasteiger partial charge < -0.3 is 17.7 Å². The van der Waals surface area contributed by atoms with E-state index in [0.29, 0.717) is 0 Å². The summed E-state index contributed by atoms with van der Waals surface area (Å²) in [6.45, 7) is 0. The molecule has 0 aliphatic carbocycles. The van der Waals surface area contributed by atoms with Crippen molar-refractivity contribution in [2.75, 3.05) is 0 Å². The third kappa shape index (κ3) is 2.88. The third-order valence-corrected chi connectivity index (χ3v) is 0.972. The Hall–Kier alpha value is 0.736. The Balaban J connectivity index is 0.000000640. The van der Waals surface area contributed by atoms with Gasteiger partial charge in [0.1, 0.15) is 12.1 Å². The summed E-state index contributed by atoms with van der Waals surface area (Å²) in [6.07, 6.45) is 2.55. The van der Waals surface area contributed by atoms with Crippen LogP contribution >= 0.6 is 0 Å². The second-order valence-corrected chi connectivity index (χ2v) is 1.60. The van der Waals surface area contributed by atoms with Crippen molar-refractivity contribution in [3.8, 4) is 5.75 Å². The summed E-state index contributed by atoms with van der Waals surface area (Å²) in [5, 5.41) is 8.88. The fourth-order valence-corrected chi connectivity index (χ4v) is 0.411. The second-order valence-electron chi connectivity index (χ2n) is 1.21. The summed E-state index contributed by atoms with van der Waals surface area (Å²) in [5.74, 6) is -0.0394. The fraction of sp³-hybridized carbons (Fsp3) is 0. The molecular weight excluding hydrogens is 163 g/mol. The molecular formula is C4H3KN2OS. The van der Waals surface area contributed by atoms with Crippen LogP contribution in [0.3, 0.4) is 0 Å². The molecule has 1 rings (SSSR count). The molecule has 3 nitrogen and oxygen atoms in total. The minimum atomic E-state index is -0.0394. The first-order valence-electron chi connectivity index (χ1n) is 1.96. The molecule has 1 N–H and O–H groups in total. The van der Waals surface area contributed by atoms with Crippen molar-refractivity contribution in [3.05, 3.63) is 12.5 Å². The van der Waals surface area contributed by atoms with Gasteiger partial charge in [-0.2, -0.15) is 0 Å². The quantitative estimate of drug-likeness (QED) is 0.255. The van der Waals surface area contributed by atoms with Crippen molar-refractivity contribution in [2.24, 2.45) is 0 Å². The first-order valence-corrected chi connectivity index (χ1v) is 2.37. The van der Waals surface area contributed by atoms with Gasteiger partial charge in [-0.3, -0.25) is 4.98 Å². The van der Waals surface area contributed by atoms with Crippen LogP contribution in [-0.2, 0) is 12.6 Å². The molecule has 0 aliphatic heterocycles. The van der Waals surface area contributed by atoms with Gasteiger partial charge in [0.15, 0.2) is 0 Å². The van der Waals surface area contributed by atoms with Crippen molar-refractivity contribution < 1.29 is 56.5 Å². The molecule has 0 atom stereocenters. The summed E-state index contributed by atoms with van der Waals surface area (Å²) in [5.41, 5.74) is 0. The number of nitrogens with zero attached hydrogens (tertiary/aromatic N) is 2. The van der Waals surface area contributed by atoms with Gasteiger partial charge in [0, 0.05) is 0 Å². The van der Waals surface area contributed by atoms with Crippen LogP contribution in [0.25, 0.3) is 0 Å². The predicted octanol–water partition coefficient (Wildman–Crippen LogP) is -2.91. The molecule has 1 aromatic heterocycles. The van der Waals surface area contributed by atoms with Crippen molar-refractivity contribution in [1.82, 2.24) is 9.97 Å². The molecule has 5 heteroatoms. The molecule has 0 saturated carbocycles. The van der Waals surface area contributed by atoms with E-state index in [0.717, 1.165) is 0 Å². The maximum atomic E-state index is 8.69. The largest absolute Gasteiger partial charge is 1.00 e. The summed E-state index contributed by atoms with van der Waals surface area (Å²) in [7, 11) is 0. The van der Waals surface area contributed by atoms with E-state index in [1.807, 2.05) is 0 Å². The average Bonchev–Trinajstić information content (AvgIpc) is 1.77. The molecule has 0 unspecified atom stereocenters. The Morgan fingerprint density at radius 3 is 2.56 bits per heavy atom. The summed E-state index contributed by atoms with van der Waals surface area (Å²) in [6, 6.07) is 0. The standard InChI is InChI=1S/C4H4N2OS.K/c7-3-1-5-2-6-4(3)8;/h1-2,7H,(H,5,6,8);/q;+1/p-1. The zero-order valence-electron chi connectivity index (χ0n) is 4.90. The van der Waals surface area contributed by atoms with Gasteiger partial charge in [-0.15, -0.1) is 0 Å². The number of hydrogen-bond acceptors (Lipinski definition) is 4. The molecule has 1 heterocycles. The van der Waals surface area contributed by atoms with Crippen LogP contribution in [0.5, 0.6) is 5.75 Å². The maximum Gasteiger partial charge on any atom is 1.00 e. The Kier molecular flexibility index (Phi) is 4.91. The zero-order valence-corrected chi connectivity index (χ0v) is 8.84. The smallest absolute Gasteiger partial charge is 0.756 e. The minimum absolute atomic E-state index is 0. The Morgan fingerprint density at radius 1 is 1.56 bits per heavy atom. The topological polar surface area (TPSA) is 46.0 Å². The van der Waals surface area contributed by atoms with E-state index in [9.17, 15) is 0 Å². The zero-order chi connectivity index (χ0) is 5.98. The van der Waals surface area contributed by atoms with Gasteiger partial charge in [-0.1, -0.05) is 0 Å². The van der Waals surface area contributed by atoms with Gasteiger partial charge in [0.2, 0.25) is 0 Å². The van der Waals surface area contributed by atoms with Gasteiger partial charge in [0.25, 0.3) is 0 Å². The molecule has 1 aromatic rings. The van der Waals surface area contributed by atoms with Crippen LogP contribution in [0.1, 0.15) is 0 Å². The van der Waals surface area contributed by atoms with Crippen LogP contribution in [0, 0.1) is 0 Å². The van der Waals surface area contributed by atoms with Gasteiger partial charge >= 0.3 is 51.4 Å². The molecule has 0 aliphatic rings. The summed E-state index contributed by atoms with van der Waals surface area (Å²) < 4.78 is 0. The van der Waals surface area contributed by atoms with Crippen LogP contribution in [0.15, 0.2) is 17.6 Å². The molecule has 0 spiro atoms. The molecule has 0 radical (unpaired) electrons. The molecule has 9 heavy (non-hydrogen) atoms.